The molecule has 0 spiro atoms. The van der Waals surface area contributed by atoms with Crippen molar-refractivity contribution < 1.29 is 24.5 Å². The summed E-state index contributed by atoms with van der Waals surface area (Å²) < 4.78 is 5.51. The first-order chi connectivity index (χ1) is 38.0. The minimum absolute atomic E-state index is 0.0223. The van der Waals surface area contributed by atoms with Crippen molar-refractivity contribution in [2.24, 2.45) is 0 Å². The van der Waals surface area contributed by atoms with Crippen LogP contribution < -0.4 is 5.32 Å². The van der Waals surface area contributed by atoms with Crippen LogP contribution in [-0.2, 0) is 14.3 Å². The summed E-state index contributed by atoms with van der Waals surface area (Å²) in [5.41, 5.74) is 0. The normalized spacial score (nSPS) is 12.5. The number of amides is 1. The molecule has 77 heavy (non-hydrogen) atoms. The van der Waals surface area contributed by atoms with E-state index in [0.29, 0.717) is 19.4 Å². The summed E-state index contributed by atoms with van der Waals surface area (Å²) in [6.45, 7) is 4.95. The third kappa shape index (κ3) is 63.6. The third-order valence-electron chi connectivity index (χ3n) is 16.8. The van der Waals surface area contributed by atoms with Crippen LogP contribution in [0.15, 0.2) is 12.2 Å². The predicted octanol–water partition coefficient (Wildman–Crippen LogP) is 22.8. The monoisotopic (exact) mass is 1090 g/mol. The Labute approximate surface area is 482 Å². The van der Waals surface area contributed by atoms with E-state index in [9.17, 15) is 19.8 Å². The van der Waals surface area contributed by atoms with E-state index < -0.39 is 12.1 Å². The molecule has 0 radical (unpaired) electrons. The number of unbranched alkanes of at least 4 members (excludes halogenated alkanes) is 56. The lowest BCUT2D eigenvalue weighted by atomic mass is 10.0. The molecule has 0 aliphatic carbocycles. The Kier molecular flexibility index (Phi) is 65.9. The first-order valence-corrected chi connectivity index (χ1v) is 35.5. The fourth-order valence-corrected chi connectivity index (χ4v) is 11.4. The molecule has 0 heterocycles. The van der Waals surface area contributed by atoms with E-state index in [0.717, 1.165) is 38.5 Å². The number of aliphatic hydroxyl groups is 2. The molecule has 2 unspecified atom stereocenters. The second kappa shape index (κ2) is 67.1. The summed E-state index contributed by atoms with van der Waals surface area (Å²) in [5, 5.41) is 23.2. The topological polar surface area (TPSA) is 95.9 Å². The smallest absolute Gasteiger partial charge is 0.305 e. The molecule has 0 aromatic rings. The first kappa shape index (κ1) is 75.6. The van der Waals surface area contributed by atoms with Crippen LogP contribution in [0.25, 0.3) is 0 Å². The molecule has 0 rings (SSSR count). The molecule has 0 aliphatic heterocycles. The van der Waals surface area contributed by atoms with E-state index in [4.69, 9.17) is 4.74 Å². The fourth-order valence-electron chi connectivity index (χ4n) is 11.4. The standard InChI is InChI=1S/C71H139NO5/c1-3-5-7-9-11-13-15-17-19-21-33-37-41-45-49-53-57-61-65-71(76)77-66-62-58-54-50-46-42-38-34-31-29-27-25-23-22-24-26-28-30-32-36-40-44-48-52-56-60-64-70(75)72-68(67-73)69(74)63-59-55-51-47-43-39-35-20-18-16-14-12-10-8-6-4-2/h59,63,68-69,73-74H,3-58,60-62,64-67H2,1-2H3,(H,72,75)/b63-59+. The molecule has 3 N–H and O–H groups in total. The van der Waals surface area contributed by atoms with Gasteiger partial charge in [-0.15, -0.1) is 0 Å². The number of carbonyl (C=O) groups excluding carboxylic acids is 2. The van der Waals surface area contributed by atoms with Crippen LogP contribution in [0.4, 0.5) is 0 Å². The van der Waals surface area contributed by atoms with Crippen LogP contribution in [0.1, 0.15) is 406 Å². The van der Waals surface area contributed by atoms with Crippen LogP contribution in [0.2, 0.25) is 0 Å². The molecule has 6 nitrogen and oxygen atoms in total. The Bertz CT molecular complexity index is 1160. The van der Waals surface area contributed by atoms with Gasteiger partial charge in [0.05, 0.1) is 25.4 Å². The zero-order chi connectivity index (χ0) is 55.7. The van der Waals surface area contributed by atoms with Gasteiger partial charge in [-0.05, 0) is 32.1 Å². The van der Waals surface area contributed by atoms with Crippen molar-refractivity contribution in [3.8, 4) is 0 Å². The zero-order valence-corrected chi connectivity index (χ0v) is 52.5. The number of carbonyl (C=O) groups is 2. The third-order valence-corrected chi connectivity index (χ3v) is 16.8. The number of allylic oxidation sites excluding steroid dienone is 1. The number of hydrogen-bond acceptors (Lipinski definition) is 5. The number of nitrogens with one attached hydrogen (secondary N) is 1. The molecule has 0 saturated heterocycles. The Morgan fingerprint density at radius 1 is 0.351 bits per heavy atom. The average Bonchev–Trinajstić information content (AvgIpc) is 3.43. The summed E-state index contributed by atoms with van der Waals surface area (Å²) in [4.78, 5) is 24.6. The van der Waals surface area contributed by atoms with Gasteiger partial charge in [-0.2, -0.15) is 0 Å². The van der Waals surface area contributed by atoms with E-state index in [2.05, 4.69) is 19.2 Å². The summed E-state index contributed by atoms with van der Waals surface area (Å²) >= 11 is 0. The maximum absolute atomic E-state index is 12.5. The lowest BCUT2D eigenvalue weighted by Gasteiger charge is -2.20. The van der Waals surface area contributed by atoms with Crippen molar-refractivity contribution in [3.63, 3.8) is 0 Å². The Morgan fingerprint density at radius 3 is 0.883 bits per heavy atom. The minimum Gasteiger partial charge on any atom is -0.466 e. The Balaban J connectivity index is 3.34. The summed E-state index contributed by atoms with van der Waals surface area (Å²) in [7, 11) is 0. The highest BCUT2D eigenvalue weighted by Crippen LogP contribution is 2.19. The van der Waals surface area contributed by atoms with Crippen molar-refractivity contribution >= 4 is 11.9 Å². The van der Waals surface area contributed by atoms with Crippen molar-refractivity contribution in [2.75, 3.05) is 13.2 Å². The van der Waals surface area contributed by atoms with Crippen molar-refractivity contribution in [1.29, 1.82) is 0 Å². The van der Waals surface area contributed by atoms with Gasteiger partial charge in [0.2, 0.25) is 5.91 Å². The molecule has 0 aliphatic rings. The molecule has 0 bridgehead atoms. The molecule has 1 amide bonds. The molecule has 0 aromatic carbocycles. The molecule has 458 valence electrons. The lowest BCUT2D eigenvalue weighted by Crippen LogP contribution is -2.45. The highest BCUT2D eigenvalue weighted by Gasteiger charge is 2.18. The number of rotatable bonds is 67. The molecule has 0 fully saturated rings. The number of aliphatic hydroxyl groups excluding tert-OH is 2. The van der Waals surface area contributed by atoms with Gasteiger partial charge in [-0.1, -0.05) is 373 Å². The average molecular weight is 1090 g/mol. The van der Waals surface area contributed by atoms with E-state index in [1.807, 2.05) is 6.08 Å². The van der Waals surface area contributed by atoms with Gasteiger partial charge in [-0.3, -0.25) is 9.59 Å². The van der Waals surface area contributed by atoms with Crippen LogP contribution in [0.3, 0.4) is 0 Å². The van der Waals surface area contributed by atoms with Crippen LogP contribution in [-0.4, -0.2) is 47.4 Å². The van der Waals surface area contributed by atoms with E-state index in [1.165, 1.54) is 340 Å². The maximum Gasteiger partial charge on any atom is 0.305 e. The van der Waals surface area contributed by atoms with Gasteiger partial charge in [0.1, 0.15) is 0 Å². The van der Waals surface area contributed by atoms with Crippen LogP contribution >= 0.6 is 0 Å². The lowest BCUT2D eigenvalue weighted by molar-refractivity contribution is -0.143. The van der Waals surface area contributed by atoms with Gasteiger partial charge >= 0.3 is 5.97 Å². The molecule has 6 heteroatoms. The largest absolute Gasteiger partial charge is 0.466 e. The van der Waals surface area contributed by atoms with Gasteiger partial charge in [0.25, 0.3) is 0 Å². The summed E-state index contributed by atoms with van der Waals surface area (Å²) in [6, 6.07) is -0.625. The Hall–Kier alpha value is -1.40. The van der Waals surface area contributed by atoms with Gasteiger partial charge < -0.3 is 20.3 Å². The van der Waals surface area contributed by atoms with E-state index in [-0.39, 0.29) is 18.5 Å². The molecule has 0 saturated carbocycles. The minimum atomic E-state index is -0.842. The fraction of sp³-hybridized carbons (Fsp3) is 0.944. The summed E-state index contributed by atoms with van der Waals surface area (Å²) in [6.07, 6.45) is 82.9. The SMILES string of the molecule is CCCCCCCCCCCCCCCC/C=C/C(O)C(CO)NC(=O)CCCCCCCCCCCCCCCCCCCCCCCCCCCCOC(=O)CCCCCCCCCCCCCCCCCCCC. The first-order valence-electron chi connectivity index (χ1n) is 35.5. The second-order valence-corrected chi connectivity index (χ2v) is 24.6. The highest BCUT2D eigenvalue weighted by molar-refractivity contribution is 5.76. The van der Waals surface area contributed by atoms with Crippen molar-refractivity contribution in [3.05, 3.63) is 12.2 Å². The molecular formula is C71H139NO5. The van der Waals surface area contributed by atoms with Crippen LogP contribution in [0, 0.1) is 0 Å². The number of esters is 1. The molecular weight excluding hydrogens is 947 g/mol. The van der Waals surface area contributed by atoms with Crippen molar-refractivity contribution in [1.82, 2.24) is 5.32 Å². The number of hydrogen-bond donors (Lipinski definition) is 3. The van der Waals surface area contributed by atoms with Gasteiger partial charge in [0, 0.05) is 12.8 Å². The summed E-state index contributed by atoms with van der Waals surface area (Å²) in [5.74, 6) is -0.0401. The van der Waals surface area contributed by atoms with Gasteiger partial charge in [-0.25, -0.2) is 0 Å². The predicted molar refractivity (Wildman–Crippen MR) is 338 cm³/mol. The van der Waals surface area contributed by atoms with Crippen LogP contribution in [0.5, 0.6) is 0 Å². The van der Waals surface area contributed by atoms with E-state index in [1.54, 1.807) is 6.08 Å². The van der Waals surface area contributed by atoms with Crippen molar-refractivity contribution in [2.45, 2.75) is 418 Å². The quantitative estimate of drug-likeness (QED) is 0.0320. The van der Waals surface area contributed by atoms with E-state index >= 15 is 0 Å². The second-order valence-electron chi connectivity index (χ2n) is 24.6. The highest BCUT2D eigenvalue weighted by atomic mass is 16.5. The number of ether oxygens (including phenoxy) is 1. The maximum atomic E-state index is 12.5. The van der Waals surface area contributed by atoms with Gasteiger partial charge in [0.15, 0.2) is 0 Å². The molecule has 0 aromatic heterocycles. The Morgan fingerprint density at radius 2 is 0.597 bits per heavy atom. The zero-order valence-electron chi connectivity index (χ0n) is 52.5. The molecule has 2 atom stereocenters.